The Kier molecular flexibility index (Phi) is 4.44. The van der Waals surface area contributed by atoms with E-state index in [1.165, 1.54) is 0 Å². The van der Waals surface area contributed by atoms with E-state index in [-0.39, 0.29) is 6.04 Å². The first-order valence-corrected chi connectivity index (χ1v) is 9.92. The number of nitrogens with zero attached hydrogens (tertiary/aromatic N) is 5. The van der Waals surface area contributed by atoms with Crippen molar-refractivity contribution in [3.05, 3.63) is 54.5 Å². The summed E-state index contributed by atoms with van der Waals surface area (Å²) in [5.74, 6) is 0.996. The van der Waals surface area contributed by atoms with E-state index in [1.54, 1.807) is 6.20 Å². The highest BCUT2D eigenvalue weighted by atomic mass is 15.2. The highest BCUT2D eigenvalue weighted by Gasteiger charge is 2.21. The van der Waals surface area contributed by atoms with Gasteiger partial charge in [0.25, 0.3) is 0 Å². The van der Waals surface area contributed by atoms with Gasteiger partial charge in [-0.3, -0.25) is 15.1 Å². The van der Waals surface area contributed by atoms with E-state index in [2.05, 4.69) is 38.1 Å². The molecule has 7 heteroatoms. The second kappa shape index (κ2) is 7.25. The number of aromatic nitrogens is 5. The molecule has 0 saturated carbocycles. The molecule has 29 heavy (non-hydrogen) atoms. The van der Waals surface area contributed by atoms with Crippen LogP contribution in [0.4, 0.5) is 5.82 Å². The van der Waals surface area contributed by atoms with Crippen molar-refractivity contribution in [3.8, 4) is 22.6 Å². The number of aromatic amines is 1. The highest BCUT2D eigenvalue weighted by Crippen LogP contribution is 2.30. The summed E-state index contributed by atoms with van der Waals surface area (Å²) in [5.41, 5.74) is 11.7. The Morgan fingerprint density at radius 1 is 1.17 bits per heavy atom. The monoisotopic (exact) mass is 385 g/mol. The maximum absolute atomic E-state index is 6.19. The van der Waals surface area contributed by atoms with E-state index in [0.717, 1.165) is 70.9 Å². The molecule has 1 aliphatic rings. The van der Waals surface area contributed by atoms with Crippen LogP contribution in [0.15, 0.2) is 48.9 Å². The van der Waals surface area contributed by atoms with Gasteiger partial charge in [0.05, 0.1) is 23.1 Å². The summed E-state index contributed by atoms with van der Waals surface area (Å²) in [7, 11) is 0. The van der Waals surface area contributed by atoms with Crippen molar-refractivity contribution in [1.82, 2.24) is 25.1 Å². The zero-order chi connectivity index (χ0) is 19.8. The van der Waals surface area contributed by atoms with Gasteiger partial charge in [-0.2, -0.15) is 5.10 Å². The third kappa shape index (κ3) is 3.34. The molecule has 4 aromatic rings. The van der Waals surface area contributed by atoms with Gasteiger partial charge in [0.15, 0.2) is 0 Å². The van der Waals surface area contributed by atoms with Crippen LogP contribution in [0, 0.1) is 6.92 Å². The molecule has 0 spiro atoms. The molecule has 0 aliphatic carbocycles. The quantitative estimate of drug-likeness (QED) is 0.562. The van der Waals surface area contributed by atoms with Crippen molar-refractivity contribution >= 4 is 16.7 Å². The molecule has 7 nitrogen and oxygen atoms in total. The van der Waals surface area contributed by atoms with Crippen LogP contribution in [0.1, 0.15) is 18.4 Å². The summed E-state index contributed by atoms with van der Waals surface area (Å²) < 4.78 is 0. The van der Waals surface area contributed by atoms with Crippen LogP contribution in [0.5, 0.6) is 0 Å². The van der Waals surface area contributed by atoms with Crippen LogP contribution in [-0.4, -0.2) is 44.3 Å². The highest BCUT2D eigenvalue weighted by molar-refractivity contribution is 5.93. The summed E-state index contributed by atoms with van der Waals surface area (Å²) in [6.07, 6.45) is 7.56. The maximum Gasteiger partial charge on any atom is 0.132 e. The fourth-order valence-electron chi connectivity index (χ4n) is 3.96. The first-order chi connectivity index (χ1) is 14.2. The number of nitrogens with one attached hydrogen (secondary N) is 1. The van der Waals surface area contributed by atoms with Gasteiger partial charge >= 0.3 is 0 Å². The topological polar surface area (TPSA) is 96.6 Å². The molecule has 0 radical (unpaired) electrons. The average molecular weight is 385 g/mol. The van der Waals surface area contributed by atoms with Crippen molar-refractivity contribution in [1.29, 1.82) is 0 Å². The Hall–Kier alpha value is -3.32. The lowest BCUT2D eigenvalue weighted by Crippen LogP contribution is -2.43. The lowest BCUT2D eigenvalue weighted by molar-refractivity contribution is 0.502. The molecule has 5 rings (SSSR count). The fraction of sp³-hybridized carbons (Fsp3) is 0.273. The second-order valence-corrected chi connectivity index (χ2v) is 7.61. The van der Waals surface area contributed by atoms with Crippen molar-refractivity contribution in [2.24, 2.45) is 5.73 Å². The zero-order valence-corrected chi connectivity index (χ0v) is 16.3. The Morgan fingerprint density at radius 2 is 2.10 bits per heavy atom. The molecular formula is C22H23N7. The summed E-state index contributed by atoms with van der Waals surface area (Å²) in [6, 6.07) is 10.3. The molecule has 0 amide bonds. The van der Waals surface area contributed by atoms with E-state index >= 15 is 0 Å². The third-order valence-electron chi connectivity index (χ3n) is 5.47. The Morgan fingerprint density at radius 3 is 2.93 bits per heavy atom. The number of nitrogens with two attached hydrogens (primary N) is 1. The summed E-state index contributed by atoms with van der Waals surface area (Å²) in [4.78, 5) is 16.0. The molecule has 0 aromatic carbocycles. The lowest BCUT2D eigenvalue weighted by Gasteiger charge is -2.32. The van der Waals surface area contributed by atoms with Gasteiger partial charge in [-0.15, -0.1) is 0 Å². The molecule has 4 aromatic heterocycles. The number of H-pyrrole nitrogens is 1. The molecule has 0 bridgehead atoms. The molecule has 1 aliphatic heterocycles. The molecular weight excluding hydrogens is 362 g/mol. The van der Waals surface area contributed by atoms with Gasteiger partial charge in [0.1, 0.15) is 11.5 Å². The molecule has 146 valence electrons. The second-order valence-electron chi connectivity index (χ2n) is 7.61. The summed E-state index contributed by atoms with van der Waals surface area (Å²) >= 11 is 0. The molecule has 0 unspecified atom stereocenters. The van der Waals surface area contributed by atoms with Gasteiger partial charge in [-0.1, -0.05) is 6.07 Å². The Balaban J connectivity index is 1.58. The van der Waals surface area contributed by atoms with Gasteiger partial charge in [-0.25, -0.2) is 4.98 Å². The zero-order valence-electron chi connectivity index (χ0n) is 16.3. The van der Waals surface area contributed by atoms with E-state index in [0.29, 0.717) is 0 Å². The average Bonchev–Trinajstić information content (AvgIpc) is 3.18. The van der Waals surface area contributed by atoms with Gasteiger partial charge < -0.3 is 10.6 Å². The predicted octanol–water partition coefficient (Wildman–Crippen LogP) is 3.32. The molecule has 1 fully saturated rings. The number of anilines is 1. The van der Waals surface area contributed by atoms with Crippen molar-refractivity contribution in [3.63, 3.8) is 0 Å². The molecule has 3 N–H and O–H groups in total. The number of fused-ring (bicyclic) bond motifs is 1. The summed E-state index contributed by atoms with van der Waals surface area (Å²) in [6.45, 7) is 3.92. The number of hydrogen-bond donors (Lipinski definition) is 2. The van der Waals surface area contributed by atoms with Gasteiger partial charge in [0, 0.05) is 42.5 Å². The normalized spacial score (nSPS) is 17.0. The minimum atomic E-state index is 0.202. The number of aryl methyl sites for hydroxylation is 1. The Labute approximate surface area is 169 Å². The summed E-state index contributed by atoms with van der Waals surface area (Å²) in [5, 5.41) is 8.63. The number of rotatable bonds is 3. The van der Waals surface area contributed by atoms with Gasteiger partial charge in [0.2, 0.25) is 0 Å². The van der Waals surface area contributed by atoms with E-state index < -0.39 is 0 Å². The molecule has 1 saturated heterocycles. The standard InChI is InChI=1S/C22H23N7/c1-14-6-7-18(26-22(14)29-9-3-5-16(23)13-29)21-17-10-19(15-4-2-8-24-11-15)25-12-20(17)27-28-21/h2,4,6-8,10-12,16H,3,5,9,13,23H2,1H3,(H,27,28)/t16-/m0/s1. The fourth-order valence-corrected chi connectivity index (χ4v) is 3.96. The maximum atomic E-state index is 6.19. The Bertz CT molecular complexity index is 1150. The first kappa shape index (κ1) is 17.8. The van der Waals surface area contributed by atoms with E-state index in [1.807, 2.05) is 36.7 Å². The smallest absolute Gasteiger partial charge is 0.132 e. The first-order valence-electron chi connectivity index (χ1n) is 9.92. The third-order valence-corrected chi connectivity index (χ3v) is 5.47. The van der Waals surface area contributed by atoms with Gasteiger partial charge in [-0.05, 0) is 49.6 Å². The minimum Gasteiger partial charge on any atom is -0.355 e. The molecule has 5 heterocycles. The van der Waals surface area contributed by atoms with Crippen LogP contribution >= 0.6 is 0 Å². The lowest BCUT2D eigenvalue weighted by atomic mass is 10.1. The van der Waals surface area contributed by atoms with Crippen LogP contribution in [-0.2, 0) is 0 Å². The SMILES string of the molecule is Cc1ccc(-c2n[nH]c3cnc(-c4cccnc4)cc23)nc1N1CCC[C@H](N)C1. The predicted molar refractivity (Wildman–Crippen MR) is 115 cm³/mol. The van der Waals surface area contributed by atoms with Crippen molar-refractivity contribution in [2.45, 2.75) is 25.8 Å². The van der Waals surface area contributed by atoms with E-state index in [9.17, 15) is 0 Å². The minimum absolute atomic E-state index is 0.202. The van der Waals surface area contributed by atoms with Crippen molar-refractivity contribution in [2.75, 3.05) is 18.0 Å². The number of piperidine rings is 1. The van der Waals surface area contributed by atoms with Crippen LogP contribution in [0.2, 0.25) is 0 Å². The van der Waals surface area contributed by atoms with Crippen molar-refractivity contribution < 1.29 is 0 Å². The largest absolute Gasteiger partial charge is 0.355 e. The number of pyridine rings is 3. The van der Waals surface area contributed by atoms with Crippen LogP contribution in [0.25, 0.3) is 33.5 Å². The van der Waals surface area contributed by atoms with Crippen LogP contribution < -0.4 is 10.6 Å². The van der Waals surface area contributed by atoms with Crippen LogP contribution in [0.3, 0.4) is 0 Å². The number of hydrogen-bond acceptors (Lipinski definition) is 6. The molecule has 1 atom stereocenters. The van der Waals surface area contributed by atoms with E-state index in [4.69, 9.17) is 10.7 Å².